The maximum Gasteiger partial charge on any atom is 0.262 e. The van der Waals surface area contributed by atoms with Crippen molar-refractivity contribution in [3.63, 3.8) is 0 Å². The zero-order chi connectivity index (χ0) is 16.4. The number of rotatable bonds is 4. The van der Waals surface area contributed by atoms with Gasteiger partial charge in [-0.1, -0.05) is 0 Å². The highest BCUT2D eigenvalue weighted by molar-refractivity contribution is 5.93. The zero-order valence-corrected chi connectivity index (χ0v) is 13.2. The van der Waals surface area contributed by atoms with E-state index in [2.05, 4.69) is 10.2 Å². The summed E-state index contributed by atoms with van der Waals surface area (Å²) < 4.78 is 32.6. The van der Waals surface area contributed by atoms with E-state index in [0.29, 0.717) is 38.1 Å². The maximum absolute atomic E-state index is 13.7. The first-order valence-corrected chi connectivity index (χ1v) is 7.91. The molecule has 0 unspecified atom stereocenters. The summed E-state index contributed by atoms with van der Waals surface area (Å²) in [4.78, 5) is 15.9. The van der Waals surface area contributed by atoms with Crippen LogP contribution in [0.2, 0.25) is 0 Å². The summed E-state index contributed by atoms with van der Waals surface area (Å²) in [6.07, 6.45) is 4.35. The van der Waals surface area contributed by atoms with Gasteiger partial charge in [0, 0.05) is 44.9 Å². The number of H-pyrrole nitrogens is 1. The Bertz CT molecular complexity index is 530. The molecular weight excluding hydrogens is 306 g/mol. The molecule has 2 saturated heterocycles. The van der Waals surface area contributed by atoms with Crippen LogP contribution >= 0.6 is 0 Å². The largest absolute Gasteiger partial charge is 0.383 e. The summed E-state index contributed by atoms with van der Waals surface area (Å²) >= 11 is 0. The molecule has 0 saturated carbocycles. The van der Waals surface area contributed by atoms with Gasteiger partial charge in [-0.25, -0.2) is 8.78 Å². The average molecular weight is 328 g/mol. The number of carbonyl (C=O) groups is 1. The van der Waals surface area contributed by atoms with Crippen molar-refractivity contribution in [2.75, 3.05) is 33.4 Å². The van der Waals surface area contributed by atoms with Crippen molar-refractivity contribution in [2.45, 2.75) is 37.3 Å². The van der Waals surface area contributed by atoms with Crippen LogP contribution < -0.4 is 0 Å². The number of carbonyl (C=O) groups excluding carboxylic acids is 1. The Balaban J connectivity index is 1.59. The summed E-state index contributed by atoms with van der Waals surface area (Å²) in [5, 5.41) is 6.41. The quantitative estimate of drug-likeness (QED) is 0.907. The van der Waals surface area contributed by atoms with Gasteiger partial charge >= 0.3 is 0 Å². The second-order valence-electron chi connectivity index (χ2n) is 6.35. The third kappa shape index (κ3) is 3.53. The van der Waals surface area contributed by atoms with Gasteiger partial charge < -0.3 is 9.64 Å². The van der Waals surface area contributed by atoms with Crippen LogP contribution in [-0.4, -0.2) is 77.3 Å². The molecule has 1 atom stereocenters. The van der Waals surface area contributed by atoms with E-state index in [1.807, 2.05) is 4.90 Å². The lowest BCUT2D eigenvalue weighted by Gasteiger charge is -2.38. The van der Waals surface area contributed by atoms with Crippen molar-refractivity contribution in [3.8, 4) is 0 Å². The van der Waals surface area contributed by atoms with Gasteiger partial charge in [-0.05, 0) is 12.8 Å². The predicted molar refractivity (Wildman–Crippen MR) is 79.4 cm³/mol. The van der Waals surface area contributed by atoms with Crippen LogP contribution in [0.3, 0.4) is 0 Å². The molecule has 3 rings (SSSR count). The first kappa shape index (κ1) is 16.3. The molecule has 0 spiro atoms. The van der Waals surface area contributed by atoms with Crippen LogP contribution in [0.5, 0.6) is 0 Å². The molecule has 1 N–H and O–H groups in total. The van der Waals surface area contributed by atoms with Gasteiger partial charge in [0.05, 0.1) is 24.9 Å². The third-order valence-electron chi connectivity index (χ3n) is 4.74. The number of methoxy groups -OCH3 is 1. The zero-order valence-electron chi connectivity index (χ0n) is 13.2. The van der Waals surface area contributed by atoms with E-state index in [4.69, 9.17) is 4.74 Å². The number of aromatic nitrogens is 2. The summed E-state index contributed by atoms with van der Waals surface area (Å²) in [5.41, 5.74) is 0.536. The van der Waals surface area contributed by atoms with E-state index in [1.54, 1.807) is 18.2 Å². The van der Waals surface area contributed by atoms with Crippen LogP contribution in [0.25, 0.3) is 0 Å². The fourth-order valence-corrected chi connectivity index (χ4v) is 3.65. The van der Waals surface area contributed by atoms with Crippen molar-refractivity contribution in [1.29, 1.82) is 0 Å². The van der Waals surface area contributed by atoms with E-state index in [-0.39, 0.29) is 31.0 Å². The van der Waals surface area contributed by atoms with Gasteiger partial charge in [0.1, 0.15) is 0 Å². The molecule has 2 aliphatic rings. The Morgan fingerprint density at radius 2 is 2.22 bits per heavy atom. The van der Waals surface area contributed by atoms with Gasteiger partial charge in [0.15, 0.2) is 0 Å². The number of hydrogen-bond donors (Lipinski definition) is 1. The van der Waals surface area contributed by atoms with Crippen LogP contribution in [0, 0.1) is 0 Å². The van der Waals surface area contributed by atoms with Crippen LogP contribution in [0.4, 0.5) is 8.78 Å². The monoisotopic (exact) mass is 328 g/mol. The van der Waals surface area contributed by atoms with Gasteiger partial charge in [0.25, 0.3) is 11.8 Å². The first-order chi connectivity index (χ1) is 11.0. The van der Waals surface area contributed by atoms with Crippen molar-refractivity contribution in [3.05, 3.63) is 18.0 Å². The molecule has 0 radical (unpaired) electrons. The number of aromatic amines is 1. The number of ether oxygens (including phenoxy) is 1. The number of piperidine rings is 1. The van der Waals surface area contributed by atoms with E-state index in [0.717, 1.165) is 0 Å². The SMILES string of the molecule is COC[C@@H]1CC(F)(F)CN1C1CCN(C(=O)c2cn[nH]c2)CC1. The predicted octanol–water partition coefficient (Wildman–Crippen LogP) is 1.37. The summed E-state index contributed by atoms with van der Waals surface area (Å²) in [6.45, 7) is 1.28. The molecule has 128 valence electrons. The smallest absolute Gasteiger partial charge is 0.262 e. The van der Waals surface area contributed by atoms with Crippen molar-refractivity contribution >= 4 is 5.91 Å². The topological polar surface area (TPSA) is 61.5 Å². The second kappa shape index (κ2) is 6.52. The third-order valence-corrected chi connectivity index (χ3v) is 4.74. The van der Waals surface area contributed by atoms with Gasteiger partial charge in [-0.3, -0.25) is 14.8 Å². The molecule has 8 heteroatoms. The Morgan fingerprint density at radius 1 is 1.48 bits per heavy atom. The fraction of sp³-hybridized carbons (Fsp3) is 0.733. The number of halogens is 2. The van der Waals surface area contributed by atoms with Crippen LogP contribution in [-0.2, 0) is 4.74 Å². The Labute approximate surface area is 133 Å². The molecule has 1 aromatic heterocycles. The standard InChI is InChI=1S/C15H22F2N4O2/c1-23-9-13-6-15(16,17)10-21(13)12-2-4-20(5-3-12)14(22)11-7-18-19-8-11/h7-8,12-13H,2-6,9-10H2,1H3,(H,18,19)/t13-/m0/s1. The molecule has 2 fully saturated rings. The minimum Gasteiger partial charge on any atom is -0.383 e. The Morgan fingerprint density at radius 3 is 2.83 bits per heavy atom. The van der Waals surface area contributed by atoms with E-state index >= 15 is 0 Å². The highest BCUT2D eigenvalue weighted by atomic mass is 19.3. The number of alkyl halides is 2. The molecule has 0 aromatic carbocycles. The molecular formula is C15H22F2N4O2. The van der Waals surface area contributed by atoms with Crippen molar-refractivity contribution in [2.24, 2.45) is 0 Å². The number of nitrogens with one attached hydrogen (secondary N) is 1. The lowest BCUT2D eigenvalue weighted by molar-refractivity contribution is 0.00285. The number of amides is 1. The fourth-order valence-electron chi connectivity index (χ4n) is 3.65. The molecule has 1 aromatic rings. The van der Waals surface area contributed by atoms with E-state index in [1.165, 1.54) is 6.20 Å². The highest BCUT2D eigenvalue weighted by Gasteiger charge is 2.47. The van der Waals surface area contributed by atoms with Crippen molar-refractivity contribution in [1.82, 2.24) is 20.0 Å². The average Bonchev–Trinajstić information content (AvgIpc) is 3.15. The normalized spacial score (nSPS) is 25.9. The van der Waals surface area contributed by atoms with Crippen LogP contribution in [0.15, 0.2) is 12.4 Å². The van der Waals surface area contributed by atoms with Gasteiger partial charge in [-0.15, -0.1) is 0 Å². The lowest BCUT2D eigenvalue weighted by Crippen LogP contribution is -2.49. The molecule has 0 aliphatic carbocycles. The summed E-state index contributed by atoms with van der Waals surface area (Å²) in [7, 11) is 1.54. The molecule has 23 heavy (non-hydrogen) atoms. The van der Waals surface area contributed by atoms with Gasteiger partial charge in [0.2, 0.25) is 0 Å². The molecule has 2 aliphatic heterocycles. The molecule has 3 heterocycles. The minimum atomic E-state index is -2.65. The Hall–Kier alpha value is -1.54. The minimum absolute atomic E-state index is 0.0580. The van der Waals surface area contributed by atoms with Crippen LogP contribution in [0.1, 0.15) is 29.6 Å². The first-order valence-electron chi connectivity index (χ1n) is 7.91. The summed E-state index contributed by atoms with van der Waals surface area (Å²) in [6, 6.07) is -0.159. The Kier molecular flexibility index (Phi) is 4.63. The maximum atomic E-state index is 13.7. The lowest BCUT2D eigenvalue weighted by atomic mass is 10.0. The number of hydrogen-bond acceptors (Lipinski definition) is 4. The summed E-state index contributed by atoms with van der Waals surface area (Å²) in [5.74, 6) is -2.70. The highest BCUT2D eigenvalue weighted by Crippen LogP contribution is 2.35. The molecule has 0 bridgehead atoms. The van der Waals surface area contributed by atoms with E-state index < -0.39 is 5.92 Å². The number of nitrogens with zero attached hydrogens (tertiary/aromatic N) is 3. The second-order valence-corrected chi connectivity index (χ2v) is 6.35. The number of likely N-dealkylation sites (tertiary alicyclic amines) is 2. The van der Waals surface area contributed by atoms with Gasteiger partial charge in [-0.2, -0.15) is 5.10 Å². The van der Waals surface area contributed by atoms with Crippen molar-refractivity contribution < 1.29 is 18.3 Å². The molecule has 6 nitrogen and oxygen atoms in total. The van der Waals surface area contributed by atoms with E-state index in [9.17, 15) is 13.6 Å². The molecule has 1 amide bonds.